The number of fused-ring (bicyclic) bond motifs is 1. The Morgan fingerprint density at radius 2 is 1.95 bits per heavy atom. The van der Waals surface area contributed by atoms with Gasteiger partial charge in [0.2, 0.25) is 0 Å². The summed E-state index contributed by atoms with van der Waals surface area (Å²) in [4.78, 5) is 19.2. The lowest BCUT2D eigenvalue weighted by Gasteiger charge is -2.37. The normalized spacial score (nSPS) is 17.0. The van der Waals surface area contributed by atoms with Crippen molar-refractivity contribution in [1.29, 1.82) is 0 Å². The Hall–Kier alpha value is -3.32. The van der Waals surface area contributed by atoms with Crippen molar-refractivity contribution in [2.24, 2.45) is 5.41 Å². The molecule has 5 rings (SSSR count). The predicted octanol–water partition coefficient (Wildman–Crippen LogP) is 6.30. The number of nitrogens with one attached hydrogen (secondary N) is 2. The van der Waals surface area contributed by atoms with Crippen molar-refractivity contribution in [3.8, 4) is 11.5 Å². The maximum absolute atomic E-state index is 15.3. The molecule has 232 valence electrons. The molecule has 0 unspecified atom stereocenters. The molecule has 3 aromatic rings. The number of anilines is 1. The van der Waals surface area contributed by atoms with Crippen LogP contribution in [0.1, 0.15) is 18.9 Å². The highest BCUT2D eigenvalue weighted by Gasteiger charge is 2.33. The van der Waals surface area contributed by atoms with E-state index in [1.54, 1.807) is 12.3 Å². The van der Waals surface area contributed by atoms with Gasteiger partial charge in [-0.2, -0.15) is 0 Å². The molecule has 0 radical (unpaired) electrons. The van der Waals surface area contributed by atoms with Crippen LogP contribution in [0.2, 0.25) is 25.7 Å². The molecule has 12 heteroatoms. The van der Waals surface area contributed by atoms with Crippen LogP contribution in [0, 0.1) is 17.0 Å². The number of likely N-dealkylation sites (N-methyl/N-ethyl adjacent to an activating group) is 1. The van der Waals surface area contributed by atoms with E-state index < -0.39 is 31.5 Å². The van der Waals surface area contributed by atoms with E-state index in [4.69, 9.17) is 14.2 Å². The summed E-state index contributed by atoms with van der Waals surface area (Å²) in [7, 11) is 0.815. The maximum atomic E-state index is 15.3. The summed E-state index contributed by atoms with van der Waals surface area (Å²) < 4.78 is 49.7. The van der Waals surface area contributed by atoms with Gasteiger partial charge in [-0.1, -0.05) is 32.6 Å². The number of aromatic nitrogens is 2. The average Bonchev–Trinajstić information content (AvgIpc) is 3.30. The Balaban J connectivity index is 1.40. The number of urea groups is 1. The first-order valence-corrected chi connectivity index (χ1v) is 18.3. The van der Waals surface area contributed by atoms with Crippen LogP contribution in [-0.2, 0) is 16.2 Å². The van der Waals surface area contributed by atoms with Crippen molar-refractivity contribution in [3.05, 3.63) is 53.9 Å². The largest absolute Gasteiger partial charge is 0.450 e. The number of hydrogen-bond acceptors (Lipinski definition) is 6. The van der Waals surface area contributed by atoms with Gasteiger partial charge in [-0.15, -0.1) is 0 Å². The van der Waals surface area contributed by atoms with Gasteiger partial charge in [0.05, 0.1) is 18.6 Å². The Morgan fingerprint density at radius 1 is 1.21 bits per heavy atom. The van der Waals surface area contributed by atoms with Crippen molar-refractivity contribution in [3.63, 3.8) is 0 Å². The van der Waals surface area contributed by atoms with E-state index in [0.717, 1.165) is 48.8 Å². The Labute approximate surface area is 252 Å². The SMILES string of the molecule is CN1CC=C(c2cn(COCC[Si](C)(C)C)c3nccc(Oc4c(F)cc(NC(=O)NCC5(C)COC5)cc4F)c23)CC1. The van der Waals surface area contributed by atoms with Crippen LogP contribution >= 0.6 is 0 Å². The minimum Gasteiger partial charge on any atom is -0.450 e. The number of amides is 2. The molecule has 0 saturated carbocycles. The molecule has 1 fully saturated rings. The van der Waals surface area contributed by atoms with Gasteiger partial charge in [0.1, 0.15) is 18.1 Å². The number of carbonyl (C=O) groups excluding carboxylic acids is 1. The third-order valence-electron chi connectivity index (χ3n) is 7.75. The van der Waals surface area contributed by atoms with Crippen LogP contribution in [0.25, 0.3) is 16.6 Å². The van der Waals surface area contributed by atoms with Crippen molar-refractivity contribution in [1.82, 2.24) is 19.8 Å². The van der Waals surface area contributed by atoms with Gasteiger partial charge in [0, 0.05) is 75.5 Å². The smallest absolute Gasteiger partial charge is 0.319 e. The number of rotatable bonds is 11. The Morgan fingerprint density at radius 3 is 2.58 bits per heavy atom. The highest BCUT2D eigenvalue weighted by atomic mass is 28.3. The highest BCUT2D eigenvalue weighted by molar-refractivity contribution is 6.76. The Kier molecular flexibility index (Phi) is 9.21. The summed E-state index contributed by atoms with van der Waals surface area (Å²) >= 11 is 0. The van der Waals surface area contributed by atoms with E-state index in [1.165, 1.54) is 0 Å². The van der Waals surface area contributed by atoms with E-state index in [1.807, 2.05) is 17.7 Å². The standard InChI is InChI=1S/C31H41F2N5O4Si/c1-31(18-41-19-31)17-35-30(39)36-22-14-24(32)28(25(33)15-22)42-26-6-9-34-29-27(26)23(21-7-10-37(2)11-8-21)16-38(29)20-40-12-13-43(3,4)5/h6-7,9,14-16H,8,10-13,17-20H2,1-5H3,(H2,35,36,39). The molecule has 1 aromatic carbocycles. The number of benzene rings is 1. The fourth-order valence-corrected chi connectivity index (χ4v) is 5.79. The zero-order chi connectivity index (χ0) is 30.8. The molecule has 4 heterocycles. The fraction of sp³-hybridized carbons (Fsp3) is 0.484. The van der Waals surface area contributed by atoms with Crippen LogP contribution < -0.4 is 15.4 Å². The molecule has 2 aliphatic heterocycles. The third kappa shape index (κ3) is 7.61. The number of halogens is 2. The second-order valence-electron chi connectivity index (χ2n) is 13.1. The van der Waals surface area contributed by atoms with Gasteiger partial charge in [0.25, 0.3) is 0 Å². The van der Waals surface area contributed by atoms with E-state index in [2.05, 4.69) is 53.3 Å². The zero-order valence-corrected chi connectivity index (χ0v) is 26.6. The van der Waals surface area contributed by atoms with Crippen LogP contribution in [0.4, 0.5) is 19.3 Å². The lowest BCUT2D eigenvalue weighted by Crippen LogP contribution is -2.49. The molecule has 0 aliphatic carbocycles. The highest BCUT2D eigenvalue weighted by Crippen LogP contribution is 2.39. The third-order valence-corrected chi connectivity index (χ3v) is 9.45. The monoisotopic (exact) mass is 613 g/mol. The van der Waals surface area contributed by atoms with Crippen molar-refractivity contribution >= 4 is 36.4 Å². The molecular formula is C31H41F2N5O4Si. The van der Waals surface area contributed by atoms with Crippen molar-refractivity contribution < 1.29 is 27.8 Å². The van der Waals surface area contributed by atoms with Crippen LogP contribution in [-0.4, -0.2) is 75.1 Å². The molecule has 2 amide bonds. The van der Waals surface area contributed by atoms with Crippen LogP contribution in [0.5, 0.6) is 11.5 Å². The molecule has 9 nitrogen and oxygen atoms in total. The lowest BCUT2D eigenvalue weighted by molar-refractivity contribution is -0.0974. The van der Waals surface area contributed by atoms with Crippen LogP contribution in [0.3, 0.4) is 0 Å². The number of pyridine rings is 1. The molecule has 2 N–H and O–H groups in total. The molecule has 0 spiro atoms. The van der Waals surface area contributed by atoms with Crippen molar-refractivity contribution in [2.45, 2.75) is 45.8 Å². The molecular weight excluding hydrogens is 572 g/mol. The minimum atomic E-state index is -1.25. The summed E-state index contributed by atoms with van der Waals surface area (Å²) in [5.41, 5.74) is 2.48. The molecule has 2 aliphatic rings. The van der Waals surface area contributed by atoms with Gasteiger partial charge >= 0.3 is 6.03 Å². The van der Waals surface area contributed by atoms with Gasteiger partial charge in [-0.3, -0.25) is 0 Å². The first-order chi connectivity index (χ1) is 20.4. The summed E-state index contributed by atoms with van der Waals surface area (Å²) in [6.07, 6.45) is 6.53. The topological polar surface area (TPSA) is 89.9 Å². The molecule has 0 bridgehead atoms. The van der Waals surface area contributed by atoms with Crippen molar-refractivity contribution in [2.75, 3.05) is 51.8 Å². The van der Waals surface area contributed by atoms with Gasteiger partial charge in [0.15, 0.2) is 17.4 Å². The van der Waals surface area contributed by atoms with Gasteiger partial charge in [-0.05, 0) is 31.2 Å². The second-order valence-corrected chi connectivity index (χ2v) is 18.7. The zero-order valence-electron chi connectivity index (χ0n) is 25.6. The summed E-state index contributed by atoms with van der Waals surface area (Å²) in [6, 6.07) is 4.19. The number of hydrogen-bond donors (Lipinski definition) is 2. The summed E-state index contributed by atoms with van der Waals surface area (Å²) in [6.45, 7) is 13.0. The molecule has 0 atom stereocenters. The quantitative estimate of drug-likeness (QED) is 0.195. The maximum Gasteiger partial charge on any atom is 0.319 e. The van der Waals surface area contributed by atoms with Crippen LogP contribution in [0.15, 0.2) is 36.7 Å². The second kappa shape index (κ2) is 12.7. The summed E-state index contributed by atoms with van der Waals surface area (Å²) in [5.74, 6) is -2.14. The first kappa shape index (κ1) is 31.1. The number of carbonyl (C=O) groups is 1. The average molecular weight is 614 g/mol. The lowest BCUT2D eigenvalue weighted by atomic mass is 9.89. The fourth-order valence-electron chi connectivity index (χ4n) is 5.03. The van der Waals surface area contributed by atoms with Gasteiger partial charge in [-0.25, -0.2) is 18.6 Å². The number of ether oxygens (including phenoxy) is 3. The van der Waals surface area contributed by atoms with Gasteiger partial charge < -0.3 is 34.3 Å². The first-order valence-electron chi connectivity index (χ1n) is 14.6. The predicted molar refractivity (Wildman–Crippen MR) is 166 cm³/mol. The van der Waals surface area contributed by atoms with E-state index >= 15 is 8.78 Å². The van der Waals surface area contributed by atoms with E-state index in [0.29, 0.717) is 44.1 Å². The Bertz CT molecular complexity index is 1490. The minimum absolute atomic E-state index is 0.0199. The number of nitrogens with zero attached hydrogens (tertiary/aromatic N) is 3. The van der Waals surface area contributed by atoms with E-state index in [-0.39, 0.29) is 16.9 Å². The molecule has 2 aromatic heterocycles. The van der Waals surface area contributed by atoms with E-state index in [9.17, 15) is 4.79 Å². The molecule has 1 saturated heterocycles. The molecule has 43 heavy (non-hydrogen) atoms. The summed E-state index contributed by atoms with van der Waals surface area (Å²) in [5, 5.41) is 5.89.